The number of nitrogens with zero attached hydrogens (tertiary/aromatic N) is 4. The highest BCUT2D eigenvalue weighted by atomic mass is 35.5. The summed E-state index contributed by atoms with van der Waals surface area (Å²) in [7, 11) is 0. The molecule has 5 N–H and O–H groups in total. The standard InChI is InChI=1S/C23H27Cl2N7O2/c24-13-3-8-18(17(25)9-13)29-23-30-19-11-27-22(28-14-4-7-16(33)10-14)31-21(19)32(23)15-5-1-12(2-6-15)20(26)34/h3,8-9,11-12,14-16,33H,1-2,4-7,10H2,(H2,26,34)(H,29,30)(H,27,28,31)/t12-,14-,15+,16-/m1/s1. The zero-order valence-electron chi connectivity index (χ0n) is 18.5. The molecular formula is C23H27Cl2N7O2. The van der Waals surface area contributed by atoms with Gasteiger partial charge in [-0.2, -0.15) is 4.98 Å². The predicted octanol–water partition coefficient (Wildman–Crippen LogP) is 4.42. The van der Waals surface area contributed by atoms with Crippen LogP contribution >= 0.6 is 23.2 Å². The first-order chi connectivity index (χ1) is 16.4. The van der Waals surface area contributed by atoms with Crippen LogP contribution in [0.3, 0.4) is 0 Å². The second-order valence-electron chi connectivity index (χ2n) is 9.17. The van der Waals surface area contributed by atoms with Gasteiger partial charge in [0.2, 0.25) is 17.8 Å². The first-order valence-corrected chi connectivity index (χ1v) is 12.3. The number of anilines is 3. The fraction of sp³-hybridized carbons (Fsp3) is 0.478. The zero-order valence-corrected chi connectivity index (χ0v) is 20.1. The summed E-state index contributed by atoms with van der Waals surface area (Å²) < 4.78 is 2.08. The maximum Gasteiger partial charge on any atom is 0.224 e. The number of nitrogens with one attached hydrogen (secondary N) is 2. The van der Waals surface area contributed by atoms with Gasteiger partial charge in [0, 0.05) is 23.0 Å². The normalized spacial score (nSPS) is 24.9. The summed E-state index contributed by atoms with van der Waals surface area (Å²) in [6.45, 7) is 0. The topological polar surface area (TPSA) is 131 Å². The second-order valence-corrected chi connectivity index (χ2v) is 10.0. The van der Waals surface area contributed by atoms with Crippen molar-refractivity contribution in [2.24, 2.45) is 11.7 Å². The molecule has 1 aromatic carbocycles. The summed E-state index contributed by atoms with van der Waals surface area (Å²) in [5.74, 6) is 0.765. The number of amides is 1. The Labute approximate surface area is 207 Å². The van der Waals surface area contributed by atoms with Gasteiger partial charge < -0.3 is 21.5 Å². The van der Waals surface area contributed by atoms with Crippen LogP contribution in [0.1, 0.15) is 51.0 Å². The van der Waals surface area contributed by atoms with E-state index in [0.717, 1.165) is 38.5 Å². The Morgan fingerprint density at radius 2 is 1.91 bits per heavy atom. The van der Waals surface area contributed by atoms with Gasteiger partial charge in [-0.15, -0.1) is 0 Å². The molecule has 2 aromatic heterocycles. The number of carbonyl (C=O) groups is 1. The molecule has 2 aliphatic rings. The van der Waals surface area contributed by atoms with E-state index in [4.69, 9.17) is 38.9 Å². The Morgan fingerprint density at radius 3 is 2.59 bits per heavy atom. The number of nitrogens with two attached hydrogens (primary N) is 1. The molecule has 2 heterocycles. The first kappa shape index (κ1) is 23.1. The molecule has 1 amide bonds. The lowest BCUT2D eigenvalue weighted by Crippen LogP contribution is -2.28. The monoisotopic (exact) mass is 503 g/mol. The van der Waals surface area contributed by atoms with Crippen molar-refractivity contribution in [1.82, 2.24) is 19.5 Å². The average Bonchev–Trinajstić information content (AvgIpc) is 3.38. The van der Waals surface area contributed by atoms with Crippen molar-refractivity contribution in [3.05, 3.63) is 34.4 Å². The van der Waals surface area contributed by atoms with Gasteiger partial charge in [-0.25, -0.2) is 9.97 Å². The maximum absolute atomic E-state index is 11.7. The molecular weight excluding hydrogens is 477 g/mol. The molecule has 0 unspecified atom stereocenters. The van der Waals surface area contributed by atoms with Crippen LogP contribution in [0, 0.1) is 5.92 Å². The number of halogens is 2. The number of benzene rings is 1. The summed E-state index contributed by atoms with van der Waals surface area (Å²) >= 11 is 12.5. The highest BCUT2D eigenvalue weighted by molar-refractivity contribution is 6.36. The zero-order chi connectivity index (χ0) is 23.8. The van der Waals surface area contributed by atoms with Crippen LogP contribution in [0.25, 0.3) is 11.2 Å². The molecule has 2 fully saturated rings. The van der Waals surface area contributed by atoms with Crippen molar-refractivity contribution in [3.8, 4) is 0 Å². The molecule has 3 aromatic rings. The third kappa shape index (κ3) is 4.78. The van der Waals surface area contributed by atoms with Gasteiger partial charge in [0.25, 0.3) is 0 Å². The van der Waals surface area contributed by atoms with Gasteiger partial charge in [-0.05, 0) is 63.1 Å². The molecule has 2 saturated carbocycles. The Balaban J connectivity index is 1.50. The summed E-state index contributed by atoms with van der Waals surface area (Å²) in [4.78, 5) is 25.7. The first-order valence-electron chi connectivity index (χ1n) is 11.6. The number of hydrogen-bond acceptors (Lipinski definition) is 7. The Hall–Kier alpha value is -2.62. The van der Waals surface area contributed by atoms with Crippen LogP contribution in [0.5, 0.6) is 0 Å². The van der Waals surface area contributed by atoms with Crippen LogP contribution in [0.4, 0.5) is 17.6 Å². The van der Waals surface area contributed by atoms with Gasteiger partial charge in [0.05, 0.1) is 23.0 Å². The minimum Gasteiger partial charge on any atom is -0.393 e. The highest BCUT2D eigenvalue weighted by Gasteiger charge is 2.30. The molecule has 34 heavy (non-hydrogen) atoms. The third-order valence-electron chi connectivity index (χ3n) is 6.81. The number of primary amides is 1. The highest BCUT2D eigenvalue weighted by Crippen LogP contribution is 2.38. The van der Waals surface area contributed by atoms with E-state index in [1.807, 2.05) is 6.07 Å². The van der Waals surface area contributed by atoms with Crippen molar-refractivity contribution >= 4 is 57.9 Å². The molecule has 11 heteroatoms. The molecule has 0 aliphatic heterocycles. The second kappa shape index (κ2) is 9.56. The lowest BCUT2D eigenvalue weighted by Gasteiger charge is -2.29. The molecule has 9 nitrogen and oxygen atoms in total. The lowest BCUT2D eigenvalue weighted by atomic mass is 9.85. The van der Waals surface area contributed by atoms with E-state index in [1.54, 1.807) is 18.3 Å². The Bertz CT molecular complexity index is 1210. The smallest absolute Gasteiger partial charge is 0.224 e. The van der Waals surface area contributed by atoms with Gasteiger partial charge in [0.1, 0.15) is 5.52 Å². The fourth-order valence-corrected chi connectivity index (χ4v) is 5.45. The summed E-state index contributed by atoms with van der Waals surface area (Å²) in [5, 5.41) is 17.6. The molecule has 0 spiro atoms. The Kier molecular flexibility index (Phi) is 6.50. The van der Waals surface area contributed by atoms with E-state index in [9.17, 15) is 9.90 Å². The maximum atomic E-state index is 11.7. The number of aliphatic hydroxyl groups is 1. The fourth-order valence-electron chi connectivity index (χ4n) is 5.00. The molecule has 2 atom stereocenters. The van der Waals surface area contributed by atoms with Crippen LogP contribution in [-0.4, -0.2) is 42.7 Å². The molecule has 2 aliphatic carbocycles. The number of fused-ring (bicyclic) bond motifs is 1. The number of rotatable bonds is 6. The number of aliphatic hydroxyl groups excluding tert-OH is 1. The van der Waals surface area contributed by atoms with Crippen molar-refractivity contribution in [2.45, 2.75) is 63.1 Å². The molecule has 0 radical (unpaired) electrons. The van der Waals surface area contributed by atoms with E-state index in [0.29, 0.717) is 45.2 Å². The SMILES string of the molecule is NC(=O)[C@H]1CC[C@@H](n2c(Nc3ccc(Cl)cc3Cl)nc3cnc(N[C@@H]4CC[C@@H](O)C4)nc32)CC1. The number of imidazole rings is 1. The minimum absolute atomic E-state index is 0.0882. The molecule has 0 saturated heterocycles. The third-order valence-corrected chi connectivity index (χ3v) is 7.36. The quantitative estimate of drug-likeness (QED) is 0.391. The number of hydrogen-bond donors (Lipinski definition) is 4. The van der Waals surface area contributed by atoms with Crippen molar-refractivity contribution in [2.75, 3.05) is 10.6 Å². The van der Waals surface area contributed by atoms with Gasteiger partial charge in [0.15, 0.2) is 5.65 Å². The molecule has 0 bridgehead atoms. The van der Waals surface area contributed by atoms with Crippen molar-refractivity contribution in [3.63, 3.8) is 0 Å². The summed E-state index contributed by atoms with van der Waals surface area (Å²) in [6, 6.07) is 5.47. The van der Waals surface area contributed by atoms with Crippen LogP contribution in [0.2, 0.25) is 10.0 Å². The van der Waals surface area contributed by atoms with Crippen LogP contribution < -0.4 is 16.4 Å². The van der Waals surface area contributed by atoms with E-state index in [-0.39, 0.29) is 30.0 Å². The Morgan fingerprint density at radius 1 is 1.12 bits per heavy atom. The van der Waals surface area contributed by atoms with Gasteiger partial charge >= 0.3 is 0 Å². The van der Waals surface area contributed by atoms with Crippen molar-refractivity contribution < 1.29 is 9.90 Å². The average molecular weight is 504 g/mol. The minimum atomic E-state index is -0.285. The van der Waals surface area contributed by atoms with Crippen LogP contribution in [0.15, 0.2) is 24.4 Å². The van der Waals surface area contributed by atoms with E-state index in [2.05, 4.69) is 20.2 Å². The summed E-state index contributed by atoms with van der Waals surface area (Å²) in [6.07, 6.45) is 6.75. The number of aromatic nitrogens is 4. The van der Waals surface area contributed by atoms with Gasteiger partial charge in [-0.3, -0.25) is 9.36 Å². The van der Waals surface area contributed by atoms with E-state index >= 15 is 0 Å². The largest absolute Gasteiger partial charge is 0.393 e. The van der Waals surface area contributed by atoms with E-state index in [1.165, 1.54) is 0 Å². The molecule has 5 rings (SSSR count). The van der Waals surface area contributed by atoms with Crippen LogP contribution in [-0.2, 0) is 4.79 Å². The van der Waals surface area contributed by atoms with Gasteiger partial charge in [-0.1, -0.05) is 23.2 Å². The lowest BCUT2D eigenvalue weighted by molar-refractivity contribution is -0.122. The van der Waals surface area contributed by atoms with Crippen molar-refractivity contribution in [1.29, 1.82) is 0 Å². The number of carbonyl (C=O) groups excluding carboxylic acids is 1. The van der Waals surface area contributed by atoms with E-state index < -0.39 is 0 Å². The molecule has 180 valence electrons. The summed E-state index contributed by atoms with van der Waals surface area (Å²) in [5.41, 5.74) is 7.58. The predicted molar refractivity (Wildman–Crippen MR) is 133 cm³/mol.